The summed E-state index contributed by atoms with van der Waals surface area (Å²) in [5.74, 6) is 0.908. The van der Waals surface area contributed by atoms with Gasteiger partial charge in [0.05, 0.1) is 19.0 Å². The lowest BCUT2D eigenvalue weighted by Crippen LogP contribution is -2.26. The van der Waals surface area contributed by atoms with Crippen LogP contribution in [0.1, 0.15) is 31.7 Å². The molecule has 1 N–H and O–H groups in total. The first kappa shape index (κ1) is 18.0. The van der Waals surface area contributed by atoms with E-state index in [0.29, 0.717) is 6.54 Å². The van der Waals surface area contributed by atoms with Gasteiger partial charge in [-0.15, -0.1) is 0 Å². The molecule has 136 valence electrons. The van der Waals surface area contributed by atoms with Gasteiger partial charge in [-0.3, -0.25) is 4.79 Å². The Labute approximate surface area is 154 Å². The second-order valence-electron chi connectivity index (χ2n) is 6.48. The number of nitrogens with one attached hydrogen (secondary N) is 1. The predicted octanol–water partition coefficient (Wildman–Crippen LogP) is 3.88. The number of aromatic nitrogens is 2. The summed E-state index contributed by atoms with van der Waals surface area (Å²) < 4.78 is 7.54. The molecule has 5 nitrogen and oxygen atoms in total. The standard InChI is InChI=1S/C21H25N3O2/c1-5-15(12-22-14(2)25)19-18-11-17(26-4)13-23-21(18)24(3)20(19)16-9-7-6-8-10-16/h6-11,13,15H,5,12H2,1-4H3,(H,22,25). The van der Waals surface area contributed by atoms with E-state index >= 15 is 0 Å². The van der Waals surface area contributed by atoms with Crippen molar-refractivity contribution in [2.45, 2.75) is 26.2 Å². The molecule has 2 aromatic heterocycles. The summed E-state index contributed by atoms with van der Waals surface area (Å²) in [5.41, 5.74) is 4.40. The molecule has 5 heteroatoms. The van der Waals surface area contributed by atoms with Crippen LogP contribution in [0.3, 0.4) is 0 Å². The number of methoxy groups -OCH3 is 1. The van der Waals surface area contributed by atoms with Gasteiger partial charge in [0.1, 0.15) is 11.4 Å². The quantitative estimate of drug-likeness (QED) is 0.733. The number of ether oxygens (including phenoxy) is 1. The fourth-order valence-electron chi connectivity index (χ4n) is 3.51. The minimum Gasteiger partial charge on any atom is -0.495 e. The van der Waals surface area contributed by atoms with Crippen molar-refractivity contribution in [3.8, 4) is 17.0 Å². The summed E-state index contributed by atoms with van der Waals surface area (Å²) in [6.45, 7) is 4.30. The van der Waals surface area contributed by atoms with Gasteiger partial charge in [0.25, 0.3) is 0 Å². The maximum atomic E-state index is 11.5. The van der Waals surface area contributed by atoms with Gasteiger partial charge < -0.3 is 14.6 Å². The Morgan fingerprint density at radius 2 is 2.04 bits per heavy atom. The van der Waals surface area contributed by atoms with Gasteiger partial charge in [-0.25, -0.2) is 4.98 Å². The fraction of sp³-hybridized carbons (Fsp3) is 0.333. The van der Waals surface area contributed by atoms with Crippen LogP contribution < -0.4 is 10.1 Å². The first-order valence-corrected chi connectivity index (χ1v) is 8.89. The van der Waals surface area contributed by atoms with E-state index in [1.54, 1.807) is 20.2 Å². The monoisotopic (exact) mass is 351 g/mol. The van der Waals surface area contributed by atoms with Crippen LogP contribution in [-0.2, 0) is 11.8 Å². The van der Waals surface area contributed by atoms with Crippen LogP contribution in [0.4, 0.5) is 0 Å². The number of rotatable bonds is 6. The lowest BCUT2D eigenvalue weighted by Gasteiger charge is -2.18. The van der Waals surface area contributed by atoms with Gasteiger partial charge in [-0.1, -0.05) is 37.3 Å². The first-order chi connectivity index (χ1) is 12.6. The van der Waals surface area contributed by atoms with Crippen molar-refractivity contribution in [3.63, 3.8) is 0 Å². The molecule has 0 fully saturated rings. The minimum absolute atomic E-state index is 0.0133. The number of nitrogens with zero attached hydrogens (tertiary/aromatic N) is 2. The zero-order chi connectivity index (χ0) is 18.7. The third-order valence-corrected chi connectivity index (χ3v) is 4.82. The highest BCUT2D eigenvalue weighted by Crippen LogP contribution is 2.39. The van der Waals surface area contributed by atoms with Crippen molar-refractivity contribution in [1.82, 2.24) is 14.9 Å². The zero-order valence-electron chi connectivity index (χ0n) is 15.7. The third-order valence-electron chi connectivity index (χ3n) is 4.82. The second kappa shape index (κ2) is 7.60. The number of aryl methyl sites for hydroxylation is 1. The van der Waals surface area contributed by atoms with E-state index in [4.69, 9.17) is 4.74 Å². The molecule has 0 spiro atoms. The van der Waals surface area contributed by atoms with E-state index in [9.17, 15) is 4.79 Å². The number of benzene rings is 1. The molecule has 0 aliphatic carbocycles. The summed E-state index contributed by atoms with van der Waals surface area (Å²) in [6, 6.07) is 12.4. The Balaban J connectivity index is 2.26. The Morgan fingerprint density at radius 3 is 2.65 bits per heavy atom. The number of carbonyl (C=O) groups excluding carboxylic acids is 1. The SMILES string of the molecule is CCC(CNC(C)=O)c1c(-c2ccccc2)n(C)c2ncc(OC)cc12. The molecule has 0 bridgehead atoms. The molecular formula is C21H25N3O2. The van der Waals surface area contributed by atoms with Crippen molar-refractivity contribution < 1.29 is 9.53 Å². The van der Waals surface area contributed by atoms with Gasteiger partial charge in [-0.05, 0) is 23.6 Å². The minimum atomic E-state index is -0.0133. The van der Waals surface area contributed by atoms with Crippen molar-refractivity contribution in [2.75, 3.05) is 13.7 Å². The summed E-state index contributed by atoms with van der Waals surface area (Å²) in [6.07, 6.45) is 2.66. The summed E-state index contributed by atoms with van der Waals surface area (Å²) >= 11 is 0. The van der Waals surface area contributed by atoms with Crippen molar-refractivity contribution in [3.05, 3.63) is 48.2 Å². The number of carbonyl (C=O) groups is 1. The molecule has 1 amide bonds. The highest BCUT2D eigenvalue weighted by molar-refractivity contribution is 5.91. The molecule has 0 saturated heterocycles. The van der Waals surface area contributed by atoms with Gasteiger partial charge in [0.2, 0.25) is 5.91 Å². The molecular weight excluding hydrogens is 326 g/mol. The maximum absolute atomic E-state index is 11.5. The van der Waals surface area contributed by atoms with Crippen LogP contribution in [0.25, 0.3) is 22.3 Å². The summed E-state index contributed by atoms with van der Waals surface area (Å²) in [5, 5.41) is 4.05. The Kier molecular flexibility index (Phi) is 5.26. The number of pyridine rings is 1. The highest BCUT2D eigenvalue weighted by Gasteiger charge is 2.24. The number of fused-ring (bicyclic) bond motifs is 1. The van der Waals surface area contributed by atoms with E-state index in [-0.39, 0.29) is 11.8 Å². The number of hydrogen-bond donors (Lipinski definition) is 1. The van der Waals surface area contributed by atoms with Crippen LogP contribution in [0.15, 0.2) is 42.6 Å². The molecule has 2 heterocycles. The van der Waals surface area contributed by atoms with Crippen molar-refractivity contribution in [2.24, 2.45) is 7.05 Å². The summed E-state index contributed by atoms with van der Waals surface area (Å²) in [4.78, 5) is 16.1. The molecule has 3 rings (SSSR count). The Bertz CT molecular complexity index is 916. The molecule has 0 radical (unpaired) electrons. The van der Waals surface area contributed by atoms with Crippen molar-refractivity contribution >= 4 is 16.9 Å². The van der Waals surface area contributed by atoms with E-state index < -0.39 is 0 Å². The smallest absolute Gasteiger partial charge is 0.216 e. The third kappa shape index (κ3) is 3.29. The lowest BCUT2D eigenvalue weighted by molar-refractivity contribution is -0.119. The average Bonchev–Trinajstić information content (AvgIpc) is 2.95. The Hall–Kier alpha value is -2.82. The van der Waals surface area contributed by atoms with Crippen LogP contribution in [0.5, 0.6) is 5.75 Å². The predicted molar refractivity (Wildman–Crippen MR) is 104 cm³/mol. The molecule has 1 unspecified atom stereocenters. The molecule has 1 atom stereocenters. The van der Waals surface area contributed by atoms with Crippen LogP contribution in [0, 0.1) is 0 Å². The molecule has 0 aliphatic heterocycles. The largest absolute Gasteiger partial charge is 0.495 e. The number of amides is 1. The maximum Gasteiger partial charge on any atom is 0.216 e. The van der Waals surface area contributed by atoms with Gasteiger partial charge in [0, 0.05) is 31.8 Å². The normalized spacial score (nSPS) is 12.2. The zero-order valence-corrected chi connectivity index (χ0v) is 15.7. The molecule has 26 heavy (non-hydrogen) atoms. The topological polar surface area (TPSA) is 56.2 Å². The van der Waals surface area contributed by atoms with Gasteiger partial charge in [-0.2, -0.15) is 0 Å². The van der Waals surface area contributed by atoms with Crippen molar-refractivity contribution in [1.29, 1.82) is 0 Å². The Morgan fingerprint density at radius 1 is 1.31 bits per heavy atom. The van der Waals surface area contributed by atoms with E-state index in [2.05, 4.69) is 33.9 Å². The molecule has 3 aromatic rings. The second-order valence-corrected chi connectivity index (χ2v) is 6.48. The van der Waals surface area contributed by atoms with Crippen LogP contribution in [-0.4, -0.2) is 29.1 Å². The van der Waals surface area contributed by atoms with E-state index in [1.807, 2.05) is 31.3 Å². The summed E-state index contributed by atoms with van der Waals surface area (Å²) in [7, 11) is 3.69. The average molecular weight is 351 g/mol. The van der Waals surface area contributed by atoms with E-state index in [1.165, 1.54) is 5.56 Å². The first-order valence-electron chi connectivity index (χ1n) is 8.89. The lowest BCUT2D eigenvalue weighted by atomic mass is 9.91. The molecule has 0 aliphatic rings. The molecule has 0 saturated carbocycles. The van der Waals surface area contributed by atoms with Crippen LogP contribution >= 0.6 is 0 Å². The van der Waals surface area contributed by atoms with E-state index in [0.717, 1.165) is 34.5 Å². The fourth-order valence-corrected chi connectivity index (χ4v) is 3.51. The van der Waals surface area contributed by atoms with Gasteiger partial charge in [0.15, 0.2) is 0 Å². The highest BCUT2D eigenvalue weighted by atomic mass is 16.5. The number of hydrogen-bond acceptors (Lipinski definition) is 3. The molecule has 1 aromatic carbocycles. The van der Waals surface area contributed by atoms with Crippen LogP contribution in [0.2, 0.25) is 0 Å². The van der Waals surface area contributed by atoms with Gasteiger partial charge >= 0.3 is 0 Å².